The van der Waals surface area contributed by atoms with Gasteiger partial charge in [-0.3, -0.25) is 9.36 Å². The van der Waals surface area contributed by atoms with Gasteiger partial charge in [-0.05, 0) is 31.0 Å². The highest BCUT2D eigenvalue weighted by atomic mass is 16.5. The zero-order chi connectivity index (χ0) is 16.2. The molecule has 1 aromatic heterocycles. The molecule has 2 atom stereocenters. The van der Waals surface area contributed by atoms with Gasteiger partial charge < -0.3 is 15.2 Å². The van der Waals surface area contributed by atoms with Gasteiger partial charge in [0.05, 0.1) is 12.7 Å². The van der Waals surface area contributed by atoms with E-state index in [9.17, 15) is 9.59 Å². The smallest absolute Gasteiger partial charge is 0.351 e. The van der Waals surface area contributed by atoms with E-state index in [2.05, 4.69) is 10.3 Å². The summed E-state index contributed by atoms with van der Waals surface area (Å²) in [5.41, 5.74) is -0.0113. The van der Waals surface area contributed by atoms with Crippen molar-refractivity contribution in [2.75, 3.05) is 11.9 Å². The predicted molar refractivity (Wildman–Crippen MR) is 83.1 cm³/mol. The summed E-state index contributed by atoms with van der Waals surface area (Å²) in [6.07, 6.45) is 2.21. The summed E-state index contributed by atoms with van der Waals surface area (Å²) < 4.78 is 6.92. The van der Waals surface area contributed by atoms with Crippen LogP contribution in [0.5, 0.6) is 0 Å². The maximum absolute atomic E-state index is 12.1. The number of carbonyl (C=O) groups is 1. The molecule has 7 heteroatoms. The Kier molecular flexibility index (Phi) is 4.50. The molecule has 3 rings (SSSR count). The highest BCUT2D eigenvalue weighted by Gasteiger charge is 2.26. The van der Waals surface area contributed by atoms with Gasteiger partial charge in [-0.2, -0.15) is 4.98 Å². The fourth-order valence-corrected chi connectivity index (χ4v) is 2.51. The summed E-state index contributed by atoms with van der Waals surface area (Å²) in [5.74, 6) is -0.135. The minimum Gasteiger partial charge on any atom is -0.394 e. The number of amides is 1. The molecule has 1 fully saturated rings. The molecule has 0 aliphatic carbocycles. The highest BCUT2D eigenvalue weighted by Crippen LogP contribution is 2.26. The van der Waals surface area contributed by atoms with Crippen LogP contribution in [0.2, 0.25) is 0 Å². The number of rotatable bonds is 4. The van der Waals surface area contributed by atoms with Gasteiger partial charge in [0.15, 0.2) is 0 Å². The fraction of sp³-hybridized carbons (Fsp3) is 0.312. The zero-order valence-corrected chi connectivity index (χ0v) is 12.4. The van der Waals surface area contributed by atoms with Crippen molar-refractivity contribution in [3.8, 4) is 0 Å². The summed E-state index contributed by atoms with van der Waals surface area (Å²) in [6, 6.07) is 10.2. The first-order chi connectivity index (χ1) is 11.2. The van der Waals surface area contributed by atoms with E-state index in [1.54, 1.807) is 36.5 Å². The van der Waals surface area contributed by atoms with Gasteiger partial charge in [-0.1, -0.05) is 18.2 Å². The van der Waals surface area contributed by atoms with Crippen molar-refractivity contribution >= 4 is 11.7 Å². The Morgan fingerprint density at radius 1 is 1.30 bits per heavy atom. The molecule has 120 valence electrons. The first-order valence-electron chi connectivity index (χ1n) is 7.39. The third kappa shape index (κ3) is 3.46. The number of hydrogen-bond donors (Lipinski definition) is 2. The Balaban J connectivity index is 1.72. The van der Waals surface area contributed by atoms with E-state index in [-0.39, 0.29) is 24.4 Å². The largest absolute Gasteiger partial charge is 0.394 e. The normalized spacial score (nSPS) is 20.4. The number of aliphatic hydroxyl groups excluding tert-OH is 1. The lowest BCUT2D eigenvalue weighted by molar-refractivity contribution is -0.0245. The lowest BCUT2D eigenvalue weighted by atomic mass is 10.2. The summed E-state index contributed by atoms with van der Waals surface area (Å²) in [6.45, 7) is -0.0656. The first kappa shape index (κ1) is 15.4. The van der Waals surface area contributed by atoms with Crippen molar-refractivity contribution in [3.05, 3.63) is 58.6 Å². The van der Waals surface area contributed by atoms with E-state index in [4.69, 9.17) is 9.84 Å². The summed E-state index contributed by atoms with van der Waals surface area (Å²) in [5, 5.41) is 11.7. The Labute approximate surface area is 132 Å². The molecule has 23 heavy (non-hydrogen) atoms. The minimum absolute atomic E-state index is 0.0656. The minimum atomic E-state index is -0.501. The van der Waals surface area contributed by atoms with Crippen LogP contribution in [-0.2, 0) is 4.74 Å². The predicted octanol–water partition coefficient (Wildman–Crippen LogP) is 1.17. The summed E-state index contributed by atoms with van der Waals surface area (Å²) in [7, 11) is 0. The molecule has 1 aliphatic heterocycles. The summed E-state index contributed by atoms with van der Waals surface area (Å²) >= 11 is 0. The Hall–Kier alpha value is -2.51. The van der Waals surface area contributed by atoms with Gasteiger partial charge in [-0.25, -0.2) is 4.79 Å². The van der Waals surface area contributed by atoms with Gasteiger partial charge in [0.2, 0.25) is 0 Å². The fourth-order valence-electron chi connectivity index (χ4n) is 2.51. The SMILES string of the molecule is O=C(Nc1ccn(C2CC[C@@H](CO)O2)c(=O)n1)c1ccccc1. The number of aromatic nitrogens is 2. The van der Waals surface area contributed by atoms with Crippen molar-refractivity contribution in [3.63, 3.8) is 0 Å². The van der Waals surface area contributed by atoms with Gasteiger partial charge in [0, 0.05) is 11.8 Å². The van der Waals surface area contributed by atoms with E-state index in [1.165, 1.54) is 4.57 Å². The summed E-state index contributed by atoms with van der Waals surface area (Å²) in [4.78, 5) is 28.0. The van der Waals surface area contributed by atoms with E-state index >= 15 is 0 Å². The van der Waals surface area contributed by atoms with Crippen LogP contribution in [0.4, 0.5) is 5.82 Å². The second-order valence-corrected chi connectivity index (χ2v) is 5.30. The average molecular weight is 315 g/mol. The second-order valence-electron chi connectivity index (χ2n) is 5.30. The van der Waals surface area contributed by atoms with Crippen molar-refractivity contribution < 1.29 is 14.6 Å². The zero-order valence-electron chi connectivity index (χ0n) is 12.4. The number of ether oxygens (including phenoxy) is 1. The number of carbonyl (C=O) groups excluding carboxylic acids is 1. The molecule has 1 saturated heterocycles. The lowest BCUT2D eigenvalue weighted by Gasteiger charge is -2.15. The van der Waals surface area contributed by atoms with Crippen LogP contribution >= 0.6 is 0 Å². The lowest BCUT2D eigenvalue weighted by Crippen LogP contribution is -2.28. The third-order valence-corrected chi connectivity index (χ3v) is 3.71. The van der Waals surface area contributed by atoms with Crippen LogP contribution in [0.3, 0.4) is 0 Å². The van der Waals surface area contributed by atoms with Crippen LogP contribution in [0.1, 0.15) is 29.4 Å². The molecular formula is C16H17N3O4. The van der Waals surface area contributed by atoms with Crippen molar-refractivity contribution in [2.24, 2.45) is 0 Å². The van der Waals surface area contributed by atoms with E-state index in [1.807, 2.05) is 6.07 Å². The van der Waals surface area contributed by atoms with Crippen molar-refractivity contribution in [2.45, 2.75) is 25.2 Å². The molecule has 2 heterocycles. The van der Waals surface area contributed by atoms with Crippen LogP contribution in [0, 0.1) is 0 Å². The number of anilines is 1. The topological polar surface area (TPSA) is 93.5 Å². The Morgan fingerprint density at radius 3 is 2.74 bits per heavy atom. The Bertz CT molecular complexity index is 744. The van der Waals surface area contributed by atoms with Crippen molar-refractivity contribution in [1.29, 1.82) is 0 Å². The number of hydrogen-bond acceptors (Lipinski definition) is 5. The van der Waals surface area contributed by atoms with Crippen LogP contribution in [0.25, 0.3) is 0 Å². The van der Waals surface area contributed by atoms with Gasteiger partial charge in [0.25, 0.3) is 5.91 Å². The average Bonchev–Trinajstić information content (AvgIpc) is 3.04. The van der Waals surface area contributed by atoms with Crippen LogP contribution in [0.15, 0.2) is 47.4 Å². The molecule has 7 nitrogen and oxygen atoms in total. The number of aliphatic hydroxyl groups is 1. The molecule has 1 unspecified atom stereocenters. The molecule has 0 bridgehead atoms. The number of nitrogens with zero attached hydrogens (tertiary/aromatic N) is 2. The number of nitrogens with one attached hydrogen (secondary N) is 1. The van der Waals surface area contributed by atoms with Gasteiger partial charge >= 0.3 is 5.69 Å². The highest BCUT2D eigenvalue weighted by molar-refractivity contribution is 6.03. The van der Waals surface area contributed by atoms with E-state index in [0.29, 0.717) is 18.4 Å². The number of benzene rings is 1. The van der Waals surface area contributed by atoms with E-state index in [0.717, 1.165) is 0 Å². The standard InChI is InChI=1S/C16H17N3O4/c20-10-12-6-7-14(23-12)19-9-8-13(18-16(19)22)17-15(21)11-4-2-1-3-5-11/h1-5,8-9,12,14,20H,6-7,10H2,(H,17,18,21,22)/t12-,14?/m0/s1. The van der Waals surface area contributed by atoms with Gasteiger partial charge in [-0.15, -0.1) is 0 Å². The second kappa shape index (κ2) is 6.72. The van der Waals surface area contributed by atoms with E-state index < -0.39 is 11.9 Å². The molecule has 2 aromatic rings. The molecule has 1 aromatic carbocycles. The molecule has 0 spiro atoms. The maximum atomic E-state index is 12.1. The molecular weight excluding hydrogens is 298 g/mol. The third-order valence-electron chi connectivity index (χ3n) is 3.71. The van der Waals surface area contributed by atoms with Gasteiger partial charge in [0.1, 0.15) is 12.0 Å². The monoisotopic (exact) mass is 315 g/mol. The molecule has 1 amide bonds. The van der Waals surface area contributed by atoms with Crippen molar-refractivity contribution in [1.82, 2.24) is 9.55 Å². The quantitative estimate of drug-likeness (QED) is 0.883. The molecule has 2 N–H and O–H groups in total. The first-order valence-corrected chi connectivity index (χ1v) is 7.39. The molecule has 0 saturated carbocycles. The Morgan fingerprint density at radius 2 is 2.09 bits per heavy atom. The van der Waals surface area contributed by atoms with Crippen LogP contribution in [-0.4, -0.2) is 33.3 Å². The molecule has 0 radical (unpaired) electrons. The molecule has 1 aliphatic rings. The maximum Gasteiger partial charge on any atom is 0.351 e. The van der Waals surface area contributed by atoms with Crippen LogP contribution < -0.4 is 11.0 Å².